The quantitative estimate of drug-likeness (QED) is 0.168. The highest BCUT2D eigenvalue weighted by Crippen LogP contribution is 2.60. The van der Waals surface area contributed by atoms with Gasteiger partial charge in [-0.3, -0.25) is 28.0 Å². The molecule has 0 radical (unpaired) electrons. The lowest BCUT2D eigenvalue weighted by atomic mass is 10.0. The van der Waals surface area contributed by atoms with E-state index in [2.05, 4.69) is 49.6 Å². The number of nitrogen functional groups attached to an aromatic ring is 1. The molecule has 234 valence electrons. The van der Waals surface area contributed by atoms with Crippen molar-refractivity contribution in [1.82, 2.24) is 29.7 Å². The average molecular weight is 683 g/mol. The van der Waals surface area contributed by atoms with Crippen molar-refractivity contribution in [3.05, 3.63) is 30.1 Å². The van der Waals surface area contributed by atoms with E-state index in [-0.39, 0.29) is 41.4 Å². The molecule has 10 atom stereocenters. The fraction of sp³-hybridized carbons (Fsp3) is 0.550. The maximum Gasteiger partial charge on any atom is 0.386 e. The average Bonchev–Trinajstić information content (AvgIpc) is 3.71. The first-order valence-corrected chi connectivity index (χ1v) is 18.0. The highest BCUT2D eigenvalue weighted by atomic mass is 32.7. The molecule has 2 unspecified atom stereocenters. The van der Waals surface area contributed by atoms with Crippen molar-refractivity contribution >= 4 is 61.0 Å². The summed E-state index contributed by atoms with van der Waals surface area (Å²) in [5, 5.41) is 17.4. The van der Waals surface area contributed by atoms with E-state index in [1.165, 1.54) is 17.0 Å². The van der Waals surface area contributed by atoms with Crippen LogP contribution in [-0.2, 0) is 36.7 Å². The number of aliphatic hydroxyl groups excluding tert-OH is 1. The van der Waals surface area contributed by atoms with Crippen LogP contribution >= 0.6 is 38.1 Å². The second kappa shape index (κ2) is 11.6. The van der Waals surface area contributed by atoms with Crippen LogP contribution in [0.2, 0.25) is 0 Å². The number of hydrogen-bond donors (Lipinski definition) is 6. The summed E-state index contributed by atoms with van der Waals surface area (Å²) in [6.45, 7) is -9.58. The van der Waals surface area contributed by atoms with Crippen LogP contribution in [0.25, 0.3) is 11.2 Å². The van der Waals surface area contributed by atoms with Gasteiger partial charge < -0.3 is 30.6 Å². The molecule has 6 rings (SSSR count). The van der Waals surface area contributed by atoms with Crippen molar-refractivity contribution < 1.29 is 51.0 Å². The number of halogens is 1. The number of H-pyrrole nitrogens is 1. The minimum absolute atomic E-state index is 0.0523. The molecule has 0 aromatic carbocycles. The van der Waals surface area contributed by atoms with E-state index < -0.39 is 75.1 Å². The monoisotopic (exact) mass is 682 g/mol. The lowest BCUT2D eigenvalue weighted by Crippen LogP contribution is -2.35. The summed E-state index contributed by atoms with van der Waals surface area (Å²) in [5.41, 5.74) is 11.5. The third-order valence-corrected chi connectivity index (χ3v) is 10.3. The van der Waals surface area contributed by atoms with Gasteiger partial charge in [-0.25, -0.2) is 28.5 Å². The van der Waals surface area contributed by atoms with Crippen molar-refractivity contribution in [3.8, 4) is 0 Å². The lowest BCUT2D eigenvalue weighted by molar-refractivity contribution is -0.0440. The molecule has 6 N–H and O–H groups in total. The lowest BCUT2D eigenvalue weighted by Gasteiger charge is -2.26. The van der Waals surface area contributed by atoms with Crippen molar-refractivity contribution in [2.75, 3.05) is 18.9 Å². The minimum atomic E-state index is -4.35. The fourth-order valence-corrected chi connectivity index (χ4v) is 8.00. The Labute approximate surface area is 251 Å². The summed E-state index contributed by atoms with van der Waals surface area (Å²) < 4.78 is 77.4. The van der Waals surface area contributed by atoms with Gasteiger partial charge in [0.25, 0.3) is 5.91 Å². The van der Waals surface area contributed by atoms with Gasteiger partial charge in [-0.15, -0.1) is 0 Å². The summed E-state index contributed by atoms with van der Waals surface area (Å²) in [5.74, 6) is -0.777. The summed E-state index contributed by atoms with van der Waals surface area (Å²) in [6.07, 6.45) is -9.06. The molecule has 3 fully saturated rings. The number of fused-ring (bicyclic) bond motifs is 4. The van der Waals surface area contributed by atoms with E-state index in [9.17, 15) is 19.0 Å². The minimum Gasteiger partial charge on any atom is -0.388 e. The van der Waals surface area contributed by atoms with Crippen LogP contribution in [0.4, 0.5) is 10.2 Å². The maximum absolute atomic E-state index is 16.0. The molecule has 1 amide bonds. The number of anilines is 1. The zero-order valence-corrected chi connectivity index (χ0v) is 25.2. The number of amides is 1. The Morgan fingerprint density at radius 3 is 2.60 bits per heavy atom. The zero-order valence-electron chi connectivity index (χ0n) is 21.7. The molecular weight excluding hydrogens is 657 g/mol. The zero-order chi connectivity index (χ0) is 30.7. The SMILES string of the molecule is NC(=O)c1cc([C@@H]2O[C@@H]3CCOP(=O)(S)O[C@H]4[C@@H](F)[C@H](n5cnc6c(N)ncnc65)O[C@@H]4COP(=O)(S)O[C@@H]2[C@@H]3O)[nH]n1. The molecule has 6 heterocycles. The van der Waals surface area contributed by atoms with Gasteiger partial charge in [-0.2, -0.15) is 5.10 Å². The normalized spacial score (nSPS) is 39.0. The van der Waals surface area contributed by atoms with Gasteiger partial charge in [0.1, 0.15) is 48.1 Å². The summed E-state index contributed by atoms with van der Waals surface area (Å²) in [6, 6.07) is 1.28. The standard InChI is InChI=1S/C20H25FN8O10P2S2/c21-11-15-10(37-20(11)29-6-26-12-17(22)24-5-25-19(12)29)4-35-41(33,43)39-16-13(30)9(1-2-34-40(32,42)38-15)36-14(16)7-3-8(18(23)31)28-27-7/h3,5-6,9-11,13-16,20,30H,1-2,4H2,(H2,23,31)(H,27,28)(H,32,42)(H,33,43)(H2,22,24,25)/t9-,10-,11-,13-,14+,15-,16-,20-,40?,41?/m1/s1. The number of aliphatic hydroxyl groups is 1. The van der Waals surface area contributed by atoms with Crippen LogP contribution in [0.1, 0.15) is 34.9 Å². The first-order chi connectivity index (χ1) is 20.3. The van der Waals surface area contributed by atoms with Gasteiger partial charge in [-0.05, 0) is 6.07 Å². The van der Waals surface area contributed by atoms with Crippen LogP contribution in [0.3, 0.4) is 0 Å². The Morgan fingerprint density at radius 2 is 1.86 bits per heavy atom. The Kier molecular flexibility index (Phi) is 8.35. The third-order valence-electron chi connectivity index (χ3n) is 6.99. The first-order valence-electron chi connectivity index (χ1n) is 12.6. The van der Waals surface area contributed by atoms with Gasteiger partial charge >= 0.3 is 13.6 Å². The van der Waals surface area contributed by atoms with E-state index in [0.29, 0.717) is 0 Å². The number of aromatic amines is 1. The molecule has 0 aliphatic carbocycles. The molecule has 3 aromatic heterocycles. The van der Waals surface area contributed by atoms with Crippen molar-refractivity contribution in [2.24, 2.45) is 5.73 Å². The molecule has 3 aromatic rings. The van der Waals surface area contributed by atoms with E-state index in [1.54, 1.807) is 0 Å². The number of nitrogens with two attached hydrogens (primary N) is 2. The first kappa shape index (κ1) is 30.8. The van der Waals surface area contributed by atoms with E-state index in [1.807, 2.05) is 0 Å². The summed E-state index contributed by atoms with van der Waals surface area (Å²) >= 11 is 8.02. The number of nitrogens with zero attached hydrogens (tertiary/aromatic N) is 5. The molecule has 43 heavy (non-hydrogen) atoms. The Hall–Kier alpha value is -2.16. The number of aromatic nitrogens is 6. The number of thiol groups is 2. The molecule has 3 saturated heterocycles. The highest BCUT2D eigenvalue weighted by Gasteiger charge is 2.53. The number of carbonyl (C=O) groups is 1. The third kappa shape index (κ3) is 6.08. The summed E-state index contributed by atoms with van der Waals surface area (Å²) in [4.78, 5) is 23.6. The number of ether oxygens (including phenoxy) is 2. The van der Waals surface area contributed by atoms with Gasteiger partial charge in [0.05, 0.1) is 31.3 Å². The smallest absolute Gasteiger partial charge is 0.386 e. The molecular formula is C20H25FN8O10P2S2. The van der Waals surface area contributed by atoms with Gasteiger partial charge in [-0.1, -0.05) is 24.5 Å². The number of hydrogen-bond acceptors (Lipinski definition) is 15. The number of imidazole rings is 1. The number of alkyl halides is 1. The Bertz CT molecular complexity index is 1630. The largest absolute Gasteiger partial charge is 0.388 e. The molecule has 0 spiro atoms. The van der Waals surface area contributed by atoms with Crippen molar-refractivity contribution in [3.63, 3.8) is 0 Å². The van der Waals surface area contributed by atoms with E-state index in [4.69, 9.17) is 39.0 Å². The molecule has 0 saturated carbocycles. The molecule has 3 aliphatic heterocycles. The van der Waals surface area contributed by atoms with Gasteiger partial charge in [0, 0.05) is 6.42 Å². The van der Waals surface area contributed by atoms with Crippen LogP contribution in [-0.4, -0.2) is 90.6 Å². The fourth-order valence-electron chi connectivity index (χ4n) is 5.01. The second-order valence-corrected chi connectivity index (χ2v) is 15.5. The number of nitrogens with one attached hydrogen (secondary N) is 1. The van der Waals surface area contributed by atoms with Crippen molar-refractivity contribution in [1.29, 1.82) is 0 Å². The van der Waals surface area contributed by atoms with Crippen LogP contribution < -0.4 is 11.5 Å². The second-order valence-electron chi connectivity index (χ2n) is 9.75. The van der Waals surface area contributed by atoms with Crippen LogP contribution in [0.15, 0.2) is 18.7 Å². The van der Waals surface area contributed by atoms with Crippen LogP contribution in [0.5, 0.6) is 0 Å². The molecule has 18 nitrogen and oxygen atoms in total. The Morgan fingerprint density at radius 1 is 1.12 bits per heavy atom. The topological polar surface area (TPSA) is 251 Å². The van der Waals surface area contributed by atoms with E-state index >= 15 is 4.39 Å². The van der Waals surface area contributed by atoms with Crippen LogP contribution in [0, 0.1) is 0 Å². The summed E-state index contributed by atoms with van der Waals surface area (Å²) in [7, 11) is 0. The maximum atomic E-state index is 16.0. The van der Waals surface area contributed by atoms with Gasteiger partial charge in [0.15, 0.2) is 23.9 Å². The predicted molar refractivity (Wildman–Crippen MR) is 149 cm³/mol. The Balaban J connectivity index is 1.29. The number of primary amides is 1. The highest BCUT2D eigenvalue weighted by molar-refractivity contribution is 8.44. The van der Waals surface area contributed by atoms with Crippen molar-refractivity contribution in [2.45, 2.75) is 55.4 Å². The predicted octanol–water partition coefficient (Wildman–Crippen LogP) is 1.25. The molecule has 2 bridgehead atoms. The molecule has 3 aliphatic rings. The van der Waals surface area contributed by atoms with E-state index in [0.717, 1.165) is 6.33 Å². The molecule has 23 heteroatoms. The van der Waals surface area contributed by atoms with Gasteiger partial charge in [0.2, 0.25) is 0 Å². The number of carbonyl (C=O) groups excluding carboxylic acids is 1. The number of rotatable bonds is 3.